The fourth-order valence-corrected chi connectivity index (χ4v) is 2.30. The Hall–Kier alpha value is -0.930. The number of halogens is 2. The topological polar surface area (TPSA) is 35.5 Å². The second-order valence-electron chi connectivity index (χ2n) is 4.47. The molecule has 0 aromatic heterocycles. The molecule has 0 radical (unpaired) electrons. The highest BCUT2D eigenvalue weighted by Crippen LogP contribution is 2.40. The Morgan fingerprint density at radius 3 is 2.56 bits per heavy atom. The molecule has 0 saturated heterocycles. The first-order valence-corrected chi connectivity index (χ1v) is 6.51. The van der Waals surface area contributed by atoms with Crippen LogP contribution in [0.2, 0.25) is 10.0 Å². The van der Waals surface area contributed by atoms with Gasteiger partial charge in [0, 0.05) is 6.07 Å². The lowest BCUT2D eigenvalue weighted by Crippen LogP contribution is -2.45. The number of benzene rings is 1. The SMILES string of the molecule is COC(=O)CC1(Oc2ccc(Cl)c(Cl)c2)CCC1. The first-order valence-electron chi connectivity index (χ1n) is 5.75. The molecule has 1 saturated carbocycles. The first-order chi connectivity index (χ1) is 8.54. The van der Waals surface area contributed by atoms with E-state index in [1.54, 1.807) is 18.2 Å². The van der Waals surface area contributed by atoms with E-state index in [1.165, 1.54) is 7.11 Å². The van der Waals surface area contributed by atoms with E-state index in [2.05, 4.69) is 0 Å². The van der Waals surface area contributed by atoms with Crippen LogP contribution in [0, 0.1) is 0 Å². The first kappa shape index (κ1) is 13.5. The number of hydrogen-bond donors (Lipinski definition) is 0. The summed E-state index contributed by atoms with van der Waals surface area (Å²) >= 11 is 11.8. The molecule has 1 fully saturated rings. The van der Waals surface area contributed by atoms with Crippen molar-refractivity contribution in [3.05, 3.63) is 28.2 Å². The third kappa shape index (κ3) is 2.90. The summed E-state index contributed by atoms with van der Waals surface area (Å²) in [6.07, 6.45) is 3.02. The maximum absolute atomic E-state index is 11.4. The summed E-state index contributed by atoms with van der Waals surface area (Å²) in [6.45, 7) is 0. The van der Waals surface area contributed by atoms with E-state index in [0.29, 0.717) is 15.8 Å². The average molecular weight is 289 g/mol. The van der Waals surface area contributed by atoms with E-state index in [9.17, 15) is 4.79 Å². The highest BCUT2D eigenvalue weighted by molar-refractivity contribution is 6.42. The summed E-state index contributed by atoms with van der Waals surface area (Å²) in [5, 5.41) is 0.932. The van der Waals surface area contributed by atoms with Gasteiger partial charge in [-0.2, -0.15) is 0 Å². The van der Waals surface area contributed by atoms with Gasteiger partial charge in [-0.05, 0) is 31.4 Å². The highest BCUT2D eigenvalue weighted by atomic mass is 35.5. The van der Waals surface area contributed by atoms with Crippen molar-refractivity contribution in [3.8, 4) is 5.75 Å². The third-order valence-corrected chi connectivity index (χ3v) is 3.92. The second kappa shape index (κ2) is 5.37. The molecule has 0 aliphatic heterocycles. The predicted octanol–water partition coefficient (Wildman–Crippen LogP) is 3.86. The van der Waals surface area contributed by atoms with Gasteiger partial charge in [-0.3, -0.25) is 4.79 Å². The quantitative estimate of drug-likeness (QED) is 0.790. The standard InChI is InChI=1S/C13H14Cl2O3/c1-17-12(16)8-13(5-2-6-13)18-9-3-4-10(14)11(15)7-9/h3-4,7H,2,5-6,8H2,1H3. The molecule has 1 aromatic carbocycles. The molecule has 0 bridgehead atoms. The Balaban J connectivity index is 2.10. The highest BCUT2D eigenvalue weighted by Gasteiger charge is 2.41. The molecule has 0 unspecified atom stereocenters. The normalized spacial score (nSPS) is 16.8. The van der Waals surface area contributed by atoms with E-state index < -0.39 is 5.60 Å². The number of ether oxygens (including phenoxy) is 2. The van der Waals surface area contributed by atoms with Gasteiger partial charge in [0.1, 0.15) is 11.4 Å². The van der Waals surface area contributed by atoms with Crippen LogP contribution >= 0.6 is 23.2 Å². The maximum Gasteiger partial charge on any atom is 0.309 e. The van der Waals surface area contributed by atoms with Crippen molar-refractivity contribution in [1.29, 1.82) is 0 Å². The molecule has 98 valence electrons. The van der Waals surface area contributed by atoms with Crippen LogP contribution in [0.5, 0.6) is 5.75 Å². The molecule has 0 heterocycles. The zero-order chi connectivity index (χ0) is 13.2. The van der Waals surface area contributed by atoms with E-state index in [0.717, 1.165) is 19.3 Å². The average Bonchev–Trinajstić information content (AvgIpc) is 2.30. The van der Waals surface area contributed by atoms with Gasteiger partial charge >= 0.3 is 5.97 Å². The molecule has 0 spiro atoms. The summed E-state index contributed by atoms with van der Waals surface area (Å²) in [7, 11) is 1.38. The van der Waals surface area contributed by atoms with Crippen molar-refractivity contribution in [2.24, 2.45) is 0 Å². The van der Waals surface area contributed by atoms with Gasteiger partial charge in [0.15, 0.2) is 0 Å². The van der Waals surface area contributed by atoms with E-state index >= 15 is 0 Å². The van der Waals surface area contributed by atoms with Crippen LogP contribution in [0.3, 0.4) is 0 Å². The Labute approximate surface area is 116 Å². The fourth-order valence-electron chi connectivity index (χ4n) is 2.01. The Kier molecular flexibility index (Phi) is 4.03. The van der Waals surface area contributed by atoms with Crippen LogP contribution in [-0.4, -0.2) is 18.7 Å². The summed E-state index contributed by atoms with van der Waals surface area (Å²) in [5.41, 5.74) is -0.440. The van der Waals surface area contributed by atoms with Crippen LogP contribution in [0.4, 0.5) is 0 Å². The predicted molar refractivity (Wildman–Crippen MR) is 70.3 cm³/mol. The Bertz CT molecular complexity index is 456. The van der Waals surface area contributed by atoms with Crippen LogP contribution in [-0.2, 0) is 9.53 Å². The summed E-state index contributed by atoms with van der Waals surface area (Å²) in [6, 6.07) is 5.11. The van der Waals surface area contributed by atoms with Crippen LogP contribution in [0.25, 0.3) is 0 Å². The van der Waals surface area contributed by atoms with Gasteiger partial charge in [0.2, 0.25) is 0 Å². The zero-order valence-electron chi connectivity index (χ0n) is 10.0. The second-order valence-corrected chi connectivity index (χ2v) is 5.28. The number of esters is 1. The summed E-state index contributed by atoms with van der Waals surface area (Å²) in [5.74, 6) is 0.378. The molecule has 1 aliphatic carbocycles. The molecule has 5 heteroatoms. The number of methoxy groups -OCH3 is 1. The molecule has 1 aromatic rings. The Morgan fingerprint density at radius 1 is 1.33 bits per heavy atom. The zero-order valence-corrected chi connectivity index (χ0v) is 11.6. The number of carbonyl (C=O) groups is 1. The van der Waals surface area contributed by atoms with Crippen LogP contribution in [0.1, 0.15) is 25.7 Å². The van der Waals surface area contributed by atoms with E-state index in [-0.39, 0.29) is 12.4 Å². The largest absolute Gasteiger partial charge is 0.487 e. The third-order valence-electron chi connectivity index (χ3n) is 3.18. The van der Waals surface area contributed by atoms with Crippen molar-refractivity contribution in [1.82, 2.24) is 0 Å². The fraction of sp³-hybridized carbons (Fsp3) is 0.462. The smallest absolute Gasteiger partial charge is 0.309 e. The number of carbonyl (C=O) groups excluding carboxylic acids is 1. The summed E-state index contributed by atoms with van der Waals surface area (Å²) < 4.78 is 10.6. The van der Waals surface area contributed by atoms with Gasteiger partial charge in [0.05, 0.1) is 23.6 Å². The van der Waals surface area contributed by atoms with Crippen molar-refractivity contribution in [3.63, 3.8) is 0 Å². The molecule has 0 atom stereocenters. The number of hydrogen-bond acceptors (Lipinski definition) is 3. The van der Waals surface area contributed by atoms with Crippen LogP contribution in [0.15, 0.2) is 18.2 Å². The van der Waals surface area contributed by atoms with Crippen molar-refractivity contribution in [2.75, 3.05) is 7.11 Å². The minimum absolute atomic E-state index is 0.255. The number of rotatable bonds is 4. The van der Waals surface area contributed by atoms with Gasteiger partial charge in [0.25, 0.3) is 0 Å². The van der Waals surface area contributed by atoms with Gasteiger partial charge in [-0.1, -0.05) is 23.2 Å². The summed E-state index contributed by atoms with van der Waals surface area (Å²) in [4.78, 5) is 11.4. The van der Waals surface area contributed by atoms with Gasteiger partial charge < -0.3 is 9.47 Å². The molecule has 0 amide bonds. The van der Waals surface area contributed by atoms with Crippen molar-refractivity contribution >= 4 is 29.2 Å². The molecule has 0 N–H and O–H groups in total. The minimum atomic E-state index is -0.440. The van der Waals surface area contributed by atoms with Crippen molar-refractivity contribution in [2.45, 2.75) is 31.3 Å². The van der Waals surface area contributed by atoms with Crippen LogP contribution < -0.4 is 4.74 Å². The van der Waals surface area contributed by atoms with Gasteiger partial charge in [-0.15, -0.1) is 0 Å². The Morgan fingerprint density at radius 2 is 2.06 bits per heavy atom. The molecular formula is C13H14Cl2O3. The molecule has 3 nitrogen and oxygen atoms in total. The monoisotopic (exact) mass is 288 g/mol. The van der Waals surface area contributed by atoms with Gasteiger partial charge in [-0.25, -0.2) is 0 Å². The lowest BCUT2D eigenvalue weighted by molar-refractivity contribution is -0.148. The lowest BCUT2D eigenvalue weighted by atomic mass is 9.77. The molecule has 18 heavy (non-hydrogen) atoms. The maximum atomic E-state index is 11.4. The van der Waals surface area contributed by atoms with E-state index in [1.807, 2.05) is 0 Å². The van der Waals surface area contributed by atoms with Crippen molar-refractivity contribution < 1.29 is 14.3 Å². The lowest BCUT2D eigenvalue weighted by Gasteiger charge is -2.41. The van der Waals surface area contributed by atoms with E-state index in [4.69, 9.17) is 32.7 Å². The molecule has 2 rings (SSSR count). The molecule has 1 aliphatic rings. The molecular weight excluding hydrogens is 275 g/mol. The minimum Gasteiger partial charge on any atom is -0.487 e.